The summed E-state index contributed by atoms with van der Waals surface area (Å²) >= 11 is 3.24. The van der Waals surface area contributed by atoms with Crippen LogP contribution in [0.5, 0.6) is 5.75 Å². The molecule has 0 amide bonds. The molecule has 4 aromatic rings. The maximum atomic E-state index is 10.9. The number of rotatable bonds is 6. The third-order valence-electron chi connectivity index (χ3n) is 4.17. The zero-order valence-corrected chi connectivity index (χ0v) is 16.5. The Morgan fingerprint density at radius 1 is 0.893 bits per heavy atom. The molecule has 5 nitrogen and oxygen atoms in total. The number of ether oxygens (including phenoxy) is 1. The number of fused-ring (bicyclic) bond motifs is 1. The van der Waals surface area contributed by atoms with Gasteiger partial charge in [0.2, 0.25) is 0 Å². The van der Waals surface area contributed by atoms with E-state index in [1.165, 1.54) is 12.1 Å². The summed E-state index contributed by atoms with van der Waals surface area (Å²) in [4.78, 5) is 17.1. The predicted molar refractivity (Wildman–Crippen MR) is 113 cm³/mol. The Morgan fingerprint density at radius 3 is 2.21 bits per heavy atom. The fourth-order valence-electron chi connectivity index (χ4n) is 2.78. The largest absolute Gasteiger partial charge is 0.497 e. The Labute approximate surface area is 170 Å². The summed E-state index contributed by atoms with van der Waals surface area (Å²) in [6, 6.07) is 22.7. The Hall–Kier alpha value is -2.90. The van der Waals surface area contributed by atoms with E-state index in [1.54, 1.807) is 42.8 Å². The summed E-state index contributed by atoms with van der Waals surface area (Å²) in [6.07, 6.45) is 0. The van der Waals surface area contributed by atoms with Crippen LogP contribution < -0.4 is 4.74 Å². The first-order valence-corrected chi connectivity index (χ1v) is 10.1. The van der Waals surface area contributed by atoms with E-state index in [9.17, 15) is 10.1 Å². The van der Waals surface area contributed by atoms with Crippen LogP contribution in [0.15, 0.2) is 92.5 Å². The van der Waals surface area contributed by atoms with Crippen LogP contribution in [-0.4, -0.2) is 17.0 Å². The highest BCUT2D eigenvalue weighted by molar-refractivity contribution is 8.02. The molecule has 1 heterocycles. The van der Waals surface area contributed by atoms with Crippen molar-refractivity contribution in [1.82, 2.24) is 4.98 Å². The minimum absolute atomic E-state index is 0.0936. The van der Waals surface area contributed by atoms with E-state index in [0.717, 1.165) is 36.4 Å². The van der Waals surface area contributed by atoms with E-state index in [1.807, 2.05) is 42.5 Å². The van der Waals surface area contributed by atoms with Crippen LogP contribution in [0.4, 0.5) is 5.69 Å². The molecule has 0 aliphatic rings. The van der Waals surface area contributed by atoms with Gasteiger partial charge < -0.3 is 9.72 Å². The van der Waals surface area contributed by atoms with Crippen LogP contribution in [0.2, 0.25) is 0 Å². The van der Waals surface area contributed by atoms with Crippen molar-refractivity contribution < 1.29 is 9.66 Å². The first kappa shape index (κ1) is 18.5. The molecule has 0 bridgehead atoms. The monoisotopic (exact) mass is 408 g/mol. The van der Waals surface area contributed by atoms with Crippen molar-refractivity contribution in [2.24, 2.45) is 0 Å². The van der Waals surface area contributed by atoms with Crippen molar-refractivity contribution in [3.63, 3.8) is 0 Å². The minimum atomic E-state index is -0.384. The van der Waals surface area contributed by atoms with Crippen LogP contribution in [-0.2, 0) is 0 Å². The number of nitro groups is 1. The molecule has 4 rings (SSSR count). The molecule has 140 valence electrons. The number of aromatic nitrogens is 1. The third-order valence-corrected chi connectivity index (χ3v) is 6.46. The van der Waals surface area contributed by atoms with E-state index in [4.69, 9.17) is 4.74 Å². The lowest BCUT2D eigenvalue weighted by Gasteiger charge is -2.06. The molecule has 0 unspecified atom stereocenters. The SMILES string of the molecule is COc1ccc(Sc2[nH]c3ccccc3c2Sc2ccc([N+](=O)[O-])cc2)cc1. The summed E-state index contributed by atoms with van der Waals surface area (Å²) in [5.74, 6) is 0.821. The standard InChI is InChI=1S/C21H16N2O3S2/c1-26-15-8-12-17(13-9-15)28-21-20(18-4-2-3-5-19(18)22-21)27-16-10-6-14(7-11-16)23(24)25/h2-13,22H,1H3. The topological polar surface area (TPSA) is 68.2 Å². The number of benzene rings is 3. The average Bonchev–Trinajstić information content (AvgIpc) is 3.06. The van der Waals surface area contributed by atoms with Gasteiger partial charge in [-0.15, -0.1) is 0 Å². The van der Waals surface area contributed by atoms with Gasteiger partial charge in [-0.3, -0.25) is 10.1 Å². The van der Waals surface area contributed by atoms with Crippen LogP contribution >= 0.6 is 23.5 Å². The van der Waals surface area contributed by atoms with Gasteiger partial charge in [0.05, 0.1) is 22.0 Å². The van der Waals surface area contributed by atoms with Crippen molar-refractivity contribution >= 4 is 40.1 Å². The van der Waals surface area contributed by atoms with Crippen molar-refractivity contribution in [3.05, 3.63) is 82.9 Å². The molecule has 1 aromatic heterocycles. The maximum absolute atomic E-state index is 10.9. The van der Waals surface area contributed by atoms with Gasteiger partial charge in [-0.1, -0.05) is 41.7 Å². The minimum Gasteiger partial charge on any atom is -0.497 e. The zero-order valence-electron chi connectivity index (χ0n) is 14.9. The summed E-state index contributed by atoms with van der Waals surface area (Å²) in [7, 11) is 1.65. The average molecular weight is 409 g/mol. The summed E-state index contributed by atoms with van der Waals surface area (Å²) in [6.45, 7) is 0. The van der Waals surface area contributed by atoms with Gasteiger partial charge in [-0.2, -0.15) is 0 Å². The summed E-state index contributed by atoms with van der Waals surface area (Å²) in [5.41, 5.74) is 1.15. The number of nitrogens with zero attached hydrogens (tertiary/aromatic N) is 1. The van der Waals surface area contributed by atoms with Gasteiger partial charge in [-0.05, 0) is 42.5 Å². The predicted octanol–water partition coefficient (Wildman–Crippen LogP) is 6.39. The molecule has 3 aromatic carbocycles. The summed E-state index contributed by atoms with van der Waals surface area (Å²) in [5, 5.41) is 13.1. The Morgan fingerprint density at radius 2 is 1.54 bits per heavy atom. The fraction of sp³-hybridized carbons (Fsp3) is 0.0476. The van der Waals surface area contributed by atoms with Crippen molar-refractivity contribution in [2.45, 2.75) is 19.7 Å². The number of para-hydroxylation sites is 1. The molecular formula is C21H16N2O3S2. The highest BCUT2D eigenvalue weighted by Gasteiger charge is 2.15. The fourth-order valence-corrected chi connectivity index (χ4v) is 4.84. The van der Waals surface area contributed by atoms with Crippen LogP contribution in [0, 0.1) is 10.1 Å². The van der Waals surface area contributed by atoms with E-state index < -0.39 is 0 Å². The molecule has 0 aliphatic carbocycles. The second-order valence-corrected chi connectivity index (χ2v) is 8.13. The third kappa shape index (κ3) is 3.85. The number of H-pyrrole nitrogens is 1. The van der Waals surface area contributed by atoms with Gasteiger partial charge in [0.15, 0.2) is 0 Å². The Balaban J connectivity index is 1.69. The molecule has 0 radical (unpaired) electrons. The smallest absolute Gasteiger partial charge is 0.269 e. The number of methoxy groups -OCH3 is 1. The molecule has 0 saturated carbocycles. The molecule has 0 saturated heterocycles. The molecule has 0 atom stereocenters. The van der Waals surface area contributed by atoms with Crippen LogP contribution in [0.25, 0.3) is 10.9 Å². The maximum Gasteiger partial charge on any atom is 0.269 e. The van der Waals surface area contributed by atoms with Crippen LogP contribution in [0.1, 0.15) is 0 Å². The lowest BCUT2D eigenvalue weighted by molar-refractivity contribution is -0.384. The first-order valence-electron chi connectivity index (χ1n) is 8.49. The molecule has 0 aliphatic heterocycles. The normalized spacial score (nSPS) is 10.9. The zero-order chi connectivity index (χ0) is 19.5. The van der Waals surface area contributed by atoms with E-state index in [-0.39, 0.29) is 10.6 Å². The number of aromatic amines is 1. The quantitative estimate of drug-likeness (QED) is 0.296. The number of nitrogens with one attached hydrogen (secondary N) is 1. The van der Waals surface area contributed by atoms with Gasteiger partial charge in [0, 0.05) is 32.8 Å². The molecule has 0 spiro atoms. The second kappa shape index (κ2) is 8.00. The highest BCUT2D eigenvalue weighted by atomic mass is 32.2. The highest BCUT2D eigenvalue weighted by Crippen LogP contribution is 2.43. The number of nitro benzene ring substituents is 1. The second-order valence-electron chi connectivity index (χ2n) is 5.96. The van der Waals surface area contributed by atoms with Crippen molar-refractivity contribution in [2.75, 3.05) is 7.11 Å². The Kier molecular flexibility index (Phi) is 5.27. The van der Waals surface area contributed by atoms with E-state index in [2.05, 4.69) is 11.1 Å². The first-order chi connectivity index (χ1) is 13.6. The van der Waals surface area contributed by atoms with Gasteiger partial charge >= 0.3 is 0 Å². The van der Waals surface area contributed by atoms with Crippen molar-refractivity contribution in [3.8, 4) is 5.75 Å². The molecule has 0 fully saturated rings. The number of non-ortho nitro benzene ring substituents is 1. The molecular weight excluding hydrogens is 392 g/mol. The summed E-state index contributed by atoms with van der Waals surface area (Å²) < 4.78 is 5.23. The molecule has 28 heavy (non-hydrogen) atoms. The lowest BCUT2D eigenvalue weighted by Crippen LogP contribution is -1.86. The lowest BCUT2D eigenvalue weighted by atomic mass is 10.2. The Bertz CT molecular complexity index is 1120. The van der Waals surface area contributed by atoms with Crippen LogP contribution in [0.3, 0.4) is 0 Å². The van der Waals surface area contributed by atoms with Gasteiger partial charge in [0.1, 0.15) is 5.75 Å². The molecule has 1 N–H and O–H groups in total. The van der Waals surface area contributed by atoms with Gasteiger partial charge in [0.25, 0.3) is 5.69 Å². The van der Waals surface area contributed by atoms with Gasteiger partial charge in [-0.25, -0.2) is 0 Å². The van der Waals surface area contributed by atoms with E-state index >= 15 is 0 Å². The number of hydrogen-bond acceptors (Lipinski definition) is 5. The molecule has 7 heteroatoms. The number of hydrogen-bond donors (Lipinski definition) is 1. The van der Waals surface area contributed by atoms with Crippen molar-refractivity contribution in [1.29, 1.82) is 0 Å². The van der Waals surface area contributed by atoms with E-state index in [0.29, 0.717) is 0 Å².